The van der Waals surface area contributed by atoms with Crippen molar-refractivity contribution >= 4 is 46.1 Å². The molecule has 2 aliphatic rings. The molecule has 18 heteroatoms. The minimum absolute atomic E-state index is 0.00239. The zero-order chi connectivity index (χ0) is 32.6. The lowest BCUT2D eigenvalue weighted by molar-refractivity contribution is -0.137. The number of alkyl halides is 3. The highest BCUT2D eigenvalue weighted by molar-refractivity contribution is 6.33. The molecule has 1 aromatic carbocycles. The second-order valence-electron chi connectivity index (χ2n) is 10.6. The number of hydrogen-bond acceptors (Lipinski definition) is 9. The largest absolute Gasteiger partial charge is 0.416 e. The number of hydrogen-bond donors (Lipinski definition) is 2. The molecular formula is C28H28ClF3N10O4. The molecule has 0 radical (unpaired) electrons. The Morgan fingerprint density at radius 1 is 1.17 bits per heavy atom. The van der Waals surface area contributed by atoms with Crippen molar-refractivity contribution < 1.29 is 27.5 Å². The van der Waals surface area contributed by atoms with E-state index in [0.29, 0.717) is 69.4 Å². The van der Waals surface area contributed by atoms with Gasteiger partial charge < -0.3 is 24.4 Å². The molecular weight excluding hydrogens is 633 g/mol. The summed E-state index contributed by atoms with van der Waals surface area (Å²) in [5.74, 6) is -0.448. The van der Waals surface area contributed by atoms with Crippen LogP contribution in [0.25, 0.3) is 11.4 Å². The second-order valence-corrected chi connectivity index (χ2v) is 11.0. The van der Waals surface area contributed by atoms with Crippen molar-refractivity contribution in [3.63, 3.8) is 0 Å². The molecule has 0 atom stereocenters. The van der Waals surface area contributed by atoms with E-state index in [4.69, 9.17) is 16.3 Å². The third-order valence-corrected chi connectivity index (χ3v) is 8.11. The summed E-state index contributed by atoms with van der Waals surface area (Å²) in [5, 5.41) is 16.8. The fourth-order valence-electron chi connectivity index (χ4n) is 5.52. The molecule has 0 bridgehead atoms. The van der Waals surface area contributed by atoms with Gasteiger partial charge in [-0.1, -0.05) is 24.6 Å². The first kappa shape index (κ1) is 31.2. The Balaban J connectivity index is 1.36. The number of ether oxygens (including phenoxy) is 1. The van der Waals surface area contributed by atoms with Crippen LogP contribution in [0.4, 0.5) is 24.5 Å². The fourth-order valence-corrected chi connectivity index (χ4v) is 5.75. The first-order valence-corrected chi connectivity index (χ1v) is 14.8. The molecule has 1 saturated heterocycles. The Morgan fingerprint density at radius 2 is 1.96 bits per heavy atom. The molecule has 2 aliphatic heterocycles. The molecule has 6 rings (SSSR count). The van der Waals surface area contributed by atoms with Crippen LogP contribution in [-0.4, -0.2) is 90.7 Å². The number of nitrogens with one attached hydrogen (secondary N) is 2. The molecule has 0 saturated carbocycles. The fraction of sp³-hybridized carbons (Fsp3) is 0.393. The smallest absolute Gasteiger partial charge is 0.377 e. The summed E-state index contributed by atoms with van der Waals surface area (Å²) in [5.41, 5.74) is 0.402. The van der Waals surface area contributed by atoms with E-state index in [2.05, 4.69) is 30.8 Å². The van der Waals surface area contributed by atoms with Crippen molar-refractivity contribution in [1.29, 1.82) is 0 Å². The van der Waals surface area contributed by atoms with E-state index in [-0.39, 0.29) is 34.6 Å². The zero-order valence-corrected chi connectivity index (χ0v) is 25.2. The maximum absolute atomic E-state index is 14.0. The predicted molar refractivity (Wildman–Crippen MR) is 160 cm³/mol. The number of aromatic nitrogens is 7. The quantitative estimate of drug-likeness (QED) is 0.304. The third-order valence-electron chi connectivity index (χ3n) is 7.80. The van der Waals surface area contributed by atoms with Crippen LogP contribution in [0.3, 0.4) is 0 Å². The number of aromatic amines is 1. The Labute approximate surface area is 263 Å². The van der Waals surface area contributed by atoms with E-state index >= 15 is 0 Å². The molecule has 46 heavy (non-hydrogen) atoms. The number of benzene rings is 1. The van der Waals surface area contributed by atoms with Gasteiger partial charge in [0.25, 0.3) is 11.5 Å². The first-order valence-electron chi connectivity index (χ1n) is 14.4. The first-order chi connectivity index (χ1) is 22.0. The lowest BCUT2D eigenvalue weighted by Gasteiger charge is -2.36. The highest BCUT2D eigenvalue weighted by atomic mass is 35.5. The number of fused-ring (bicyclic) bond motifs is 1. The van der Waals surface area contributed by atoms with E-state index in [1.54, 1.807) is 9.47 Å². The van der Waals surface area contributed by atoms with Crippen molar-refractivity contribution in [2.24, 2.45) is 0 Å². The number of amides is 2. The van der Waals surface area contributed by atoms with Gasteiger partial charge in [0.1, 0.15) is 12.2 Å². The Bertz CT molecular complexity index is 1880. The van der Waals surface area contributed by atoms with E-state index in [9.17, 15) is 27.6 Å². The highest BCUT2D eigenvalue weighted by Crippen LogP contribution is 2.34. The standard InChI is InChI=1S/C28H28ClF3N10O4/c1-2-21-23(39-7-9-40(10-8-39)25(44)20-14-33-38-36-20)26(45)42-27(35-24(37-42)16-5-11-46-12-6-16)41(21)15-22(43)34-19-4-3-17(13-18(19)29)28(30,31)32/h3-5,13-14H,2,6-12,15H2,1H3,(H,34,43)(H,33,36,38). The summed E-state index contributed by atoms with van der Waals surface area (Å²) >= 11 is 6.09. The number of halogens is 4. The lowest BCUT2D eigenvalue weighted by atomic mass is 10.1. The van der Waals surface area contributed by atoms with Gasteiger partial charge in [0.15, 0.2) is 11.5 Å². The van der Waals surface area contributed by atoms with E-state index in [1.807, 2.05) is 17.9 Å². The molecule has 0 aliphatic carbocycles. The van der Waals surface area contributed by atoms with Gasteiger partial charge in [-0.3, -0.25) is 14.4 Å². The molecule has 14 nitrogen and oxygen atoms in total. The number of carbonyl (C=O) groups is 2. The topological polar surface area (TPSA) is 156 Å². The number of piperazine rings is 1. The Morgan fingerprint density at radius 3 is 2.59 bits per heavy atom. The van der Waals surface area contributed by atoms with Gasteiger partial charge in [0, 0.05) is 26.2 Å². The molecule has 2 N–H and O–H groups in total. The number of rotatable bonds is 7. The van der Waals surface area contributed by atoms with E-state index < -0.39 is 23.2 Å². The summed E-state index contributed by atoms with van der Waals surface area (Å²) < 4.78 is 47.5. The number of anilines is 2. The molecule has 3 aromatic heterocycles. The summed E-state index contributed by atoms with van der Waals surface area (Å²) in [6.07, 6.45) is -0.561. The zero-order valence-electron chi connectivity index (χ0n) is 24.5. The van der Waals surface area contributed by atoms with Gasteiger partial charge in [-0.15, -0.1) is 5.10 Å². The van der Waals surface area contributed by atoms with Crippen LogP contribution in [0, 0.1) is 0 Å². The average molecular weight is 661 g/mol. The Hall–Kier alpha value is -4.77. The molecule has 242 valence electrons. The van der Waals surface area contributed by atoms with Crippen molar-refractivity contribution in [2.75, 3.05) is 49.6 Å². The van der Waals surface area contributed by atoms with Crippen LogP contribution in [-0.2, 0) is 28.7 Å². The van der Waals surface area contributed by atoms with Crippen molar-refractivity contribution in [1.82, 2.24) is 39.5 Å². The van der Waals surface area contributed by atoms with Crippen LogP contribution < -0.4 is 15.8 Å². The maximum Gasteiger partial charge on any atom is 0.416 e. The normalized spacial score (nSPS) is 15.7. The molecule has 0 spiro atoms. The monoisotopic (exact) mass is 660 g/mol. The van der Waals surface area contributed by atoms with Crippen molar-refractivity contribution in [2.45, 2.75) is 32.5 Å². The highest BCUT2D eigenvalue weighted by Gasteiger charge is 2.32. The molecule has 5 heterocycles. The Kier molecular flexibility index (Phi) is 8.52. The van der Waals surface area contributed by atoms with Crippen LogP contribution >= 0.6 is 11.6 Å². The van der Waals surface area contributed by atoms with Gasteiger partial charge in [-0.2, -0.15) is 38.1 Å². The van der Waals surface area contributed by atoms with Crippen molar-refractivity contribution in [3.05, 3.63) is 68.6 Å². The van der Waals surface area contributed by atoms with Crippen LogP contribution in [0.2, 0.25) is 5.02 Å². The average Bonchev–Trinajstić information content (AvgIpc) is 3.75. The summed E-state index contributed by atoms with van der Waals surface area (Å²) in [6, 6.07) is 2.65. The van der Waals surface area contributed by atoms with Gasteiger partial charge in [0.2, 0.25) is 11.7 Å². The molecule has 2 amide bonds. The van der Waals surface area contributed by atoms with Crippen LogP contribution in [0.5, 0.6) is 0 Å². The predicted octanol–water partition coefficient (Wildman–Crippen LogP) is 2.65. The number of nitrogens with zero attached hydrogens (tertiary/aromatic N) is 8. The van der Waals surface area contributed by atoms with Gasteiger partial charge in [0.05, 0.1) is 41.4 Å². The number of carbonyl (C=O) groups excluding carboxylic acids is 2. The van der Waals surface area contributed by atoms with Gasteiger partial charge >= 0.3 is 6.18 Å². The van der Waals surface area contributed by atoms with Crippen LogP contribution in [0.1, 0.15) is 40.9 Å². The third kappa shape index (κ3) is 6.06. The summed E-state index contributed by atoms with van der Waals surface area (Å²) in [7, 11) is 0. The maximum atomic E-state index is 14.0. The SMILES string of the molecule is CCc1c(N2CCN(C(=O)c3cn[nH]n3)CC2)c(=O)n2nc(C3=CCOCC3)nc2n1CC(=O)Nc1ccc(C(F)(F)F)cc1Cl. The second kappa shape index (κ2) is 12.6. The van der Waals surface area contributed by atoms with Gasteiger partial charge in [-0.25, -0.2) is 0 Å². The molecule has 4 aromatic rings. The van der Waals surface area contributed by atoms with Gasteiger partial charge in [-0.05, 0) is 36.6 Å². The van der Waals surface area contributed by atoms with E-state index in [0.717, 1.165) is 28.3 Å². The van der Waals surface area contributed by atoms with Crippen LogP contribution in [0.15, 0.2) is 35.3 Å². The summed E-state index contributed by atoms with van der Waals surface area (Å²) in [4.78, 5) is 48.4. The minimum atomic E-state index is -4.60. The number of H-pyrrole nitrogens is 1. The molecule has 0 unspecified atom stereocenters. The summed E-state index contributed by atoms with van der Waals surface area (Å²) in [6.45, 7) is 3.55. The lowest BCUT2D eigenvalue weighted by Crippen LogP contribution is -2.51. The van der Waals surface area contributed by atoms with Crippen molar-refractivity contribution in [3.8, 4) is 0 Å². The molecule has 1 fully saturated rings. The van der Waals surface area contributed by atoms with E-state index in [1.165, 1.54) is 6.20 Å². The minimum Gasteiger partial charge on any atom is -0.377 e.